The molecule has 1 aromatic rings. The van der Waals surface area contributed by atoms with Gasteiger partial charge in [-0.2, -0.15) is 0 Å². The van der Waals surface area contributed by atoms with Gasteiger partial charge in [0.15, 0.2) is 0 Å². The Morgan fingerprint density at radius 2 is 2.28 bits per heavy atom. The second kappa shape index (κ2) is 6.70. The average Bonchev–Trinajstić information content (AvgIpc) is 3.14. The van der Waals surface area contributed by atoms with Crippen molar-refractivity contribution in [2.75, 3.05) is 32.9 Å². The fourth-order valence-electron chi connectivity index (χ4n) is 4.23. The maximum atomic E-state index is 12.7. The summed E-state index contributed by atoms with van der Waals surface area (Å²) >= 11 is 0. The van der Waals surface area contributed by atoms with E-state index in [0.29, 0.717) is 38.8 Å². The summed E-state index contributed by atoms with van der Waals surface area (Å²) in [7, 11) is 0. The zero-order valence-corrected chi connectivity index (χ0v) is 14.6. The van der Waals surface area contributed by atoms with Crippen molar-refractivity contribution in [1.82, 2.24) is 14.5 Å². The summed E-state index contributed by atoms with van der Waals surface area (Å²) in [5.74, 6) is 0.414. The minimum atomic E-state index is -0.780. The molecule has 2 aliphatic heterocycles. The molecular weight excluding hydrogens is 322 g/mol. The highest BCUT2D eigenvalue weighted by Crippen LogP contribution is 2.37. The van der Waals surface area contributed by atoms with Crippen LogP contribution in [0.15, 0.2) is 18.7 Å². The third kappa shape index (κ3) is 3.73. The summed E-state index contributed by atoms with van der Waals surface area (Å²) in [6.07, 6.45) is 9.14. The summed E-state index contributed by atoms with van der Waals surface area (Å²) in [4.78, 5) is 18.6. The standard InChI is InChI=1S/C18H27N3O4/c22-16(9-17(23)2-1-3-17)21-6-7-24-13-18(12-21)8-15(11-25-18)10-20-5-4-19-14-20/h4-5,14-15,23H,1-3,6-13H2. The van der Waals surface area contributed by atoms with E-state index in [2.05, 4.69) is 9.55 Å². The number of carbonyl (C=O) groups excluding carboxylic acids is 1. The Bertz CT molecular complexity index is 601. The first kappa shape index (κ1) is 17.0. The lowest BCUT2D eigenvalue weighted by Gasteiger charge is -2.38. The molecule has 1 N–H and O–H groups in total. The average molecular weight is 349 g/mol. The molecule has 4 rings (SSSR count). The van der Waals surface area contributed by atoms with Crippen molar-refractivity contribution in [3.05, 3.63) is 18.7 Å². The molecule has 1 amide bonds. The first-order valence-electron chi connectivity index (χ1n) is 9.24. The summed E-state index contributed by atoms with van der Waals surface area (Å²) in [6, 6.07) is 0. The van der Waals surface area contributed by atoms with Crippen molar-refractivity contribution in [2.45, 2.75) is 49.9 Å². The second-order valence-corrected chi connectivity index (χ2v) is 7.95. The van der Waals surface area contributed by atoms with Gasteiger partial charge in [-0.05, 0) is 25.7 Å². The minimum absolute atomic E-state index is 0.0220. The monoisotopic (exact) mass is 349 g/mol. The van der Waals surface area contributed by atoms with Crippen molar-refractivity contribution in [3.8, 4) is 0 Å². The molecule has 7 nitrogen and oxygen atoms in total. The van der Waals surface area contributed by atoms with Crippen LogP contribution in [0.2, 0.25) is 0 Å². The van der Waals surface area contributed by atoms with Crippen LogP contribution in [0.1, 0.15) is 32.1 Å². The lowest BCUT2D eigenvalue weighted by Crippen LogP contribution is -2.49. The predicted molar refractivity (Wildman–Crippen MR) is 89.8 cm³/mol. The summed E-state index contributed by atoms with van der Waals surface area (Å²) < 4.78 is 14.0. The number of hydrogen-bond acceptors (Lipinski definition) is 5. The Kier molecular flexibility index (Phi) is 4.56. The molecule has 0 bridgehead atoms. The van der Waals surface area contributed by atoms with Gasteiger partial charge in [0, 0.05) is 31.4 Å². The van der Waals surface area contributed by atoms with E-state index in [1.165, 1.54) is 0 Å². The highest BCUT2D eigenvalue weighted by molar-refractivity contribution is 5.77. The fraction of sp³-hybridized carbons (Fsp3) is 0.778. The number of ether oxygens (including phenoxy) is 2. The van der Waals surface area contributed by atoms with Gasteiger partial charge in [0.25, 0.3) is 0 Å². The van der Waals surface area contributed by atoms with Gasteiger partial charge in [0.05, 0.1) is 44.7 Å². The van der Waals surface area contributed by atoms with E-state index in [0.717, 1.165) is 32.2 Å². The highest BCUT2D eigenvalue weighted by Gasteiger charge is 2.45. The SMILES string of the molecule is O=C(CC1(O)CCC1)N1CCOCC2(CC(Cn3ccnc3)CO2)C1. The molecule has 2 saturated heterocycles. The zero-order chi connectivity index (χ0) is 17.3. The van der Waals surface area contributed by atoms with Gasteiger partial charge >= 0.3 is 0 Å². The smallest absolute Gasteiger partial charge is 0.225 e. The molecule has 1 aliphatic carbocycles. The number of aliphatic hydroxyl groups is 1. The number of amides is 1. The number of hydrogen-bond donors (Lipinski definition) is 1. The van der Waals surface area contributed by atoms with E-state index in [1.807, 2.05) is 17.4 Å². The Balaban J connectivity index is 1.38. The van der Waals surface area contributed by atoms with Gasteiger partial charge in [-0.1, -0.05) is 0 Å². The van der Waals surface area contributed by atoms with Crippen LogP contribution in [0, 0.1) is 5.92 Å². The number of nitrogens with zero attached hydrogens (tertiary/aromatic N) is 3. The number of aromatic nitrogens is 2. The van der Waals surface area contributed by atoms with Crippen molar-refractivity contribution in [3.63, 3.8) is 0 Å². The van der Waals surface area contributed by atoms with Crippen LogP contribution in [0.4, 0.5) is 0 Å². The molecule has 3 aliphatic rings. The lowest BCUT2D eigenvalue weighted by molar-refractivity contribution is -0.143. The van der Waals surface area contributed by atoms with E-state index in [1.54, 1.807) is 6.20 Å². The molecule has 7 heteroatoms. The van der Waals surface area contributed by atoms with E-state index >= 15 is 0 Å². The van der Waals surface area contributed by atoms with Gasteiger partial charge in [0.1, 0.15) is 5.60 Å². The number of carbonyl (C=O) groups is 1. The van der Waals surface area contributed by atoms with Crippen molar-refractivity contribution < 1.29 is 19.4 Å². The molecule has 1 spiro atoms. The first-order valence-corrected chi connectivity index (χ1v) is 9.24. The Morgan fingerprint density at radius 1 is 1.40 bits per heavy atom. The maximum Gasteiger partial charge on any atom is 0.225 e. The molecule has 1 saturated carbocycles. The normalized spacial score (nSPS) is 31.7. The second-order valence-electron chi connectivity index (χ2n) is 7.95. The van der Waals surface area contributed by atoms with Gasteiger partial charge < -0.3 is 24.0 Å². The fourth-order valence-corrected chi connectivity index (χ4v) is 4.23. The molecule has 2 atom stereocenters. The van der Waals surface area contributed by atoms with Crippen LogP contribution in [-0.4, -0.2) is 69.6 Å². The van der Waals surface area contributed by atoms with E-state index in [9.17, 15) is 9.90 Å². The van der Waals surface area contributed by atoms with Gasteiger partial charge in [-0.25, -0.2) is 4.98 Å². The third-order valence-corrected chi connectivity index (χ3v) is 5.78. The van der Waals surface area contributed by atoms with Crippen molar-refractivity contribution >= 4 is 5.91 Å². The quantitative estimate of drug-likeness (QED) is 0.871. The van der Waals surface area contributed by atoms with E-state index in [4.69, 9.17) is 9.47 Å². The number of rotatable bonds is 4. The van der Waals surface area contributed by atoms with Gasteiger partial charge in [-0.3, -0.25) is 4.79 Å². The first-order chi connectivity index (χ1) is 12.1. The molecule has 0 aromatic carbocycles. The Labute approximate surface area is 147 Å². The van der Waals surface area contributed by atoms with Gasteiger partial charge in [0.2, 0.25) is 5.91 Å². The lowest BCUT2D eigenvalue weighted by atomic mass is 9.77. The molecule has 3 heterocycles. The topological polar surface area (TPSA) is 76.8 Å². The molecule has 25 heavy (non-hydrogen) atoms. The Hall–Kier alpha value is -1.44. The maximum absolute atomic E-state index is 12.7. The van der Waals surface area contributed by atoms with Crippen LogP contribution in [-0.2, 0) is 20.8 Å². The van der Waals surface area contributed by atoms with Crippen LogP contribution in [0.3, 0.4) is 0 Å². The largest absolute Gasteiger partial charge is 0.389 e. The van der Waals surface area contributed by atoms with E-state index in [-0.39, 0.29) is 12.3 Å². The Morgan fingerprint density at radius 3 is 3.00 bits per heavy atom. The molecule has 1 aromatic heterocycles. The molecule has 3 fully saturated rings. The molecule has 2 unspecified atom stereocenters. The highest BCUT2D eigenvalue weighted by atomic mass is 16.5. The predicted octanol–water partition coefficient (Wildman–Crippen LogP) is 0.822. The van der Waals surface area contributed by atoms with Crippen molar-refractivity contribution in [1.29, 1.82) is 0 Å². The van der Waals surface area contributed by atoms with E-state index < -0.39 is 11.2 Å². The summed E-state index contributed by atoms with van der Waals surface area (Å²) in [5, 5.41) is 10.3. The third-order valence-electron chi connectivity index (χ3n) is 5.78. The number of imidazole rings is 1. The zero-order valence-electron chi connectivity index (χ0n) is 14.6. The van der Waals surface area contributed by atoms with Crippen LogP contribution >= 0.6 is 0 Å². The summed E-state index contributed by atoms with van der Waals surface area (Å²) in [5.41, 5.74) is -1.20. The van der Waals surface area contributed by atoms with Gasteiger partial charge in [-0.15, -0.1) is 0 Å². The van der Waals surface area contributed by atoms with Crippen LogP contribution in [0.5, 0.6) is 0 Å². The summed E-state index contributed by atoms with van der Waals surface area (Å²) in [6.45, 7) is 3.74. The van der Waals surface area contributed by atoms with Crippen LogP contribution < -0.4 is 0 Å². The molecular formula is C18H27N3O4. The molecule has 0 radical (unpaired) electrons. The minimum Gasteiger partial charge on any atom is -0.389 e. The molecule has 138 valence electrons. The van der Waals surface area contributed by atoms with Crippen LogP contribution in [0.25, 0.3) is 0 Å². The van der Waals surface area contributed by atoms with Crippen molar-refractivity contribution in [2.24, 2.45) is 5.92 Å².